The van der Waals surface area contributed by atoms with Gasteiger partial charge in [-0.1, -0.05) is 30.3 Å². The fourth-order valence-corrected chi connectivity index (χ4v) is 2.75. The summed E-state index contributed by atoms with van der Waals surface area (Å²) in [6, 6.07) is 17.2. The molecule has 2 aromatic rings. The third-order valence-corrected chi connectivity index (χ3v) is 4.53. The van der Waals surface area contributed by atoms with Crippen molar-refractivity contribution >= 4 is 17.7 Å². The highest BCUT2D eigenvalue weighted by atomic mass is 16.5. The van der Waals surface area contributed by atoms with E-state index >= 15 is 0 Å². The molecule has 29 heavy (non-hydrogen) atoms. The number of hydrogen-bond donors (Lipinski definition) is 4. The van der Waals surface area contributed by atoms with Crippen LogP contribution in [0.2, 0.25) is 0 Å². The van der Waals surface area contributed by atoms with E-state index in [-0.39, 0.29) is 0 Å². The second-order valence-corrected chi connectivity index (χ2v) is 7.04. The smallest absolute Gasteiger partial charge is 0.405 e. The number of ether oxygens (including phenoxy) is 1. The first-order valence-electron chi connectivity index (χ1n) is 9.63. The van der Waals surface area contributed by atoms with Crippen LogP contribution in [-0.4, -0.2) is 41.0 Å². The topological polar surface area (TPSA) is 108 Å². The Morgan fingerprint density at radius 1 is 1.00 bits per heavy atom. The predicted octanol–water partition coefficient (Wildman–Crippen LogP) is 3.44. The highest BCUT2D eigenvalue weighted by Gasteiger charge is 2.34. The number of nitrogens with one attached hydrogen (secondary N) is 2. The molecule has 2 amide bonds. The molecule has 0 aliphatic heterocycles. The van der Waals surface area contributed by atoms with Gasteiger partial charge in [0.05, 0.1) is 13.2 Å². The van der Waals surface area contributed by atoms with Crippen molar-refractivity contribution in [1.29, 1.82) is 0 Å². The summed E-state index contributed by atoms with van der Waals surface area (Å²) >= 11 is 0. The first-order valence-corrected chi connectivity index (χ1v) is 9.63. The fraction of sp³-hybridized carbons (Fsp3) is 0.364. The number of unbranched alkanes of at least 4 members (excludes halogenated alkanes) is 2. The van der Waals surface area contributed by atoms with Gasteiger partial charge in [-0.25, -0.2) is 4.79 Å². The third-order valence-electron chi connectivity index (χ3n) is 4.53. The van der Waals surface area contributed by atoms with Crippen LogP contribution in [0.25, 0.3) is 0 Å². The molecule has 0 aromatic heterocycles. The zero-order valence-electron chi connectivity index (χ0n) is 16.6. The standard InChI is InChI=1S/C22H28N2O5/c1-22(16-25,24-21(27)28)20(26)23-18-11-13-19(14-12-18)29-15-7-3-6-10-17-8-4-2-5-9-17/h2,4-5,8-9,11-14,24-25H,3,6-7,10,15-16H2,1H3,(H,23,26)(H,27,28)/t22-/m0/s1. The molecule has 0 saturated heterocycles. The van der Waals surface area contributed by atoms with Crippen molar-refractivity contribution in [2.24, 2.45) is 0 Å². The monoisotopic (exact) mass is 400 g/mol. The van der Waals surface area contributed by atoms with Gasteiger partial charge in [0.25, 0.3) is 5.91 Å². The lowest BCUT2D eigenvalue weighted by atomic mass is 10.0. The maximum Gasteiger partial charge on any atom is 0.405 e. The Morgan fingerprint density at radius 3 is 2.31 bits per heavy atom. The van der Waals surface area contributed by atoms with Gasteiger partial charge in [0, 0.05) is 5.69 Å². The minimum Gasteiger partial charge on any atom is -0.494 e. The van der Waals surface area contributed by atoms with Crippen molar-refractivity contribution in [2.45, 2.75) is 38.1 Å². The van der Waals surface area contributed by atoms with Crippen LogP contribution in [0.4, 0.5) is 10.5 Å². The Labute approximate surface area is 170 Å². The lowest BCUT2D eigenvalue weighted by Crippen LogP contribution is -2.56. The molecule has 2 aromatic carbocycles. The maximum atomic E-state index is 12.2. The van der Waals surface area contributed by atoms with Gasteiger partial charge in [-0.05, 0) is 62.4 Å². The molecule has 0 saturated carbocycles. The summed E-state index contributed by atoms with van der Waals surface area (Å²) in [5.74, 6) is 0.0501. The number of aryl methyl sites for hydroxylation is 1. The Hall–Kier alpha value is -3.06. The minimum absolute atomic E-state index is 0.483. The summed E-state index contributed by atoms with van der Waals surface area (Å²) in [5.41, 5.74) is 0.208. The highest BCUT2D eigenvalue weighted by Crippen LogP contribution is 2.18. The summed E-state index contributed by atoms with van der Waals surface area (Å²) in [4.78, 5) is 23.0. The summed E-state index contributed by atoms with van der Waals surface area (Å²) < 4.78 is 5.72. The van der Waals surface area contributed by atoms with Crippen LogP contribution >= 0.6 is 0 Å². The predicted molar refractivity (Wildman–Crippen MR) is 111 cm³/mol. The number of anilines is 1. The van der Waals surface area contributed by atoms with Crippen LogP contribution in [-0.2, 0) is 11.2 Å². The lowest BCUT2D eigenvalue weighted by Gasteiger charge is -2.25. The number of hydrogen-bond acceptors (Lipinski definition) is 4. The molecule has 156 valence electrons. The van der Waals surface area contributed by atoms with Gasteiger partial charge in [-0.3, -0.25) is 4.79 Å². The molecule has 0 bridgehead atoms. The maximum absolute atomic E-state index is 12.2. The SMILES string of the molecule is C[C@@](CO)(NC(=O)O)C(=O)Nc1ccc(OCCCCCc2ccccc2)cc1. The molecular weight excluding hydrogens is 372 g/mol. The van der Waals surface area contributed by atoms with E-state index in [1.807, 2.05) is 11.4 Å². The van der Waals surface area contributed by atoms with E-state index in [0.717, 1.165) is 25.7 Å². The number of rotatable bonds is 11. The van der Waals surface area contributed by atoms with Gasteiger partial charge in [0.1, 0.15) is 11.3 Å². The van der Waals surface area contributed by atoms with E-state index in [1.54, 1.807) is 24.3 Å². The molecule has 0 unspecified atom stereocenters. The second-order valence-electron chi connectivity index (χ2n) is 7.04. The van der Waals surface area contributed by atoms with E-state index in [2.05, 4.69) is 29.6 Å². The van der Waals surface area contributed by atoms with Crippen molar-refractivity contribution < 1.29 is 24.5 Å². The Balaban J connectivity index is 1.71. The van der Waals surface area contributed by atoms with Gasteiger partial charge in [-0.15, -0.1) is 0 Å². The summed E-state index contributed by atoms with van der Waals surface area (Å²) in [7, 11) is 0. The van der Waals surface area contributed by atoms with Crippen LogP contribution < -0.4 is 15.4 Å². The first-order chi connectivity index (χ1) is 13.9. The quantitative estimate of drug-likeness (QED) is 0.432. The van der Waals surface area contributed by atoms with Crippen LogP contribution in [0, 0.1) is 0 Å². The molecule has 7 heteroatoms. The van der Waals surface area contributed by atoms with E-state index in [1.165, 1.54) is 12.5 Å². The summed E-state index contributed by atoms with van der Waals surface area (Å²) in [5, 5.41) is 22.8. The van der Waals surface area contributed by atoms with Crippen molar-refractivity contribution in [3.63, 3.8) is 0 Å². The third kappa shape index (κ3) is 7.46. The van der Waals surface area contributed by atoms with Crippen molar-refractivity contribution in [1.82, 2.24) is 5.32 Å². The lowest BCUT2D eigenvalue weighted by molar-refractivity contribution is -0.123. The number of amides is 2. The molecule has 0 aliphatic rings. The highest BCUT2D eigenvalue weighted by molar-refractivity contribution is 5.99. The second kappa shape index (κ2) is 11.1. The minimum atomic E-state index is -1.62. The largest absolute Gasteiger partial charge is 0.494 e. The number of aliphatic hydroxyl groups is 1. The molecular formula is C22H28N2O5. The van der Waals surface area contributed by atoms with Crippen molar-refractivity contribution in [3.05, 3.63) is 60.2 Å². The molecule has 0 spiro atoms. The van der Waals surface area contributed by atoms with Gasteiger partial charge in [0.15, 0.2) is 0 Å². The van der Waals surface area contributed by atoms with Gasteiger partial charge in [-0.2, -0.15) is 0 Å². The average molecular weight is 400 g/mol. The summed E-state index contributed by atoms with van der Waals surface area (Å²) in [6.45, 7) is 1.27. The number of carbonyl (C=O) groups is 2. The molecule has 7 nitrogen and oxygen atoms in total. The number of carbonyl (C=O) groups excluding carboxylic acids is 1. The van der Waals surface area contributed by atoms with E-state index < -0.39 is 24.1 Å². The number of benzene rings is 2. The number of carboxylic acid groups (broad SMARTS) is 1. The van der Waals surface area contributed by atoms with Crippen LogP contribution in [0.5, 0.6) is 5.75 Å². The first kappa shape index (κ1) is 22.2. The van der Waals surface area contributed by atoms with Gasteiger partial charge >= 0.3 is 6.09 Å². The van der Waals surface area contributed by atoms with Crippen LogP contribution in [0.15, 0.2) is 54.6 Å². The molecule has 0 heterocycles. The zero-order valence-corrected chi connectivity index (χ0v) is 16.6. The van der Waals surface area contributed by atoms with E-state index in [9.17, 15) is 14.7 Å². The molecule has 0 radical (unpaired) electrons. The Morgan fingerprint density at radius 2 is 1.69 bits per heavy atom. The van der Waals surface area contributed by atoms with Crippen molar-refractivity contribution in [2.75, 3.05) is 18.5 Å². The molecule has 2 rings (SSSR count). The zero-order chi connectivity index (χ0) is 21.1. The molecule has 4 N–H and O–H groups in total. The molecule has 0 aliphatic carbocycles. The van der Waals surface area contributed by atoms with Gasteiger partial charge < -0.3 is 25.6 Å². The molecule has 0 fully saturated rings. The normalized spacial score (nSPS) is 12.6. The fourth-order valence-electron chi connectivity index (χ4n) is 2.75. The van der Waals surface area contributed by atoms with Crippen molar-refractivity contribution in [3.8, 4) is 5.75 Å². The average Bonchev–Trinajstić information content (AvgIpc) is 2.72. The Kier molecular flexibility index (Phi) is 8.48. The number of aliphatic hydroxyl groups excluding tert-OH is 1. The van der Waals surface area contributed by atoms with E-state index in [4.69, 9.17) is 9.84 Å². The van der Waals surface area contributed by atoms with Crippen LogP contribution in [0.3, 0.4) is 0 Å². The van der Waals surface area contributed by atoms with Crippen LogP contribution in [0.1, 0.15) is 31.7 Å². The van der Waals surface area contributed by atoms with E-state index in [0.29, 0.717) is 18.0 Å². The van der Waals surface area contributed by atoms with Gasteiger partial charge in [0.2, 0.25) is 0 Å². The molecule has 1 atom stereocenters. The Bertz CT molecular complexity index is 780. The summed E-state index contributed by atoms with van der Waals surface area (Å²) in [6.07, 6.45) is 2.84.